The highest BCUT2D eigenvalue weighted by atomic mass is 79.9. The second kappa shape index (κ2) is 4.26. The summed E-state index contributed by atoms with van der Waals surface area (Å²) in [6.07, 6.45) is 0.801. The van der Waals surface area contributed by atoms with Crippen LogP contribution in [0.1, 0.15) is 26.3 Å². The van der Waals surface area contributed by atoms with Gasteiger partial charge in [0, 0.05) is 9.89 Å². The normalized spacial score (nSPS) is 11.4. The van der Waals surface area contributed by atoms with Gasteiger partial charge in [-0.2, -0.15) is 0 Å². The fourth-order valence-electron chi connectivity index (χ4n) is 1.24. The molecule has 0 aliphatic carbocycles. The molecule has 0 aliphatic rings. The Hall–Kier alpha value is -0.630. The Morgan fingerprint density at radius 3 is 2.21 bits per heavy atom. The number of hydrogen-bond acceptors (Lipinski definition) is 1. The Bertz CT molecular complexity index is 325. The third-order valence-electron chi connectivity index (χ3n) is 2.51. The Balaban J connectivity index is 2.79. The summed E-state index contributed by atoms with van der Waals surface area (Å²) in [7, 11) is 0. The molecule has 0 aliphatic heterocycles. The molecule has 0 bridgehead atoms. The van der Waals surface area contributed by atoms with E-state index < -0.39 is 0 Å². The van der Waals surface area contributed by atoms with Crippen LogP contribution in [-0.2, 0) is 11.2 Å². The Labute approximate surface area is 93.7 Å². The van der Waals surface area contributed by atoms with Gasteiger partial charge in [-0.05, 0) is 31.0 Å². The van der Waals surface area contributed by atoms with Crippen molar-refractivity contribution in [3.05, 3.63) is 34.3 Å². The number of benzene rings is 1. The van der Waals surface area contributed by atoms with Gasteiger partial charge in [-0.3, -0.25) is 4.79 Å². The van der Waals surface area contributed by atoms with Crippen LogP contribution < -0.4 is 0 Å². The molecular formula is C12H15BrO. The highest BCUT2D eigenvalue weighted by molar-refractivity contribution is 9.10. The second-order valence-corrected chi connectivity index (χ2v) is 5.16. The van der Waals surface area contributed by atoms with Crippen LogP contribution in [0.3, 0.4) is 0 Å². The average Bonchev–Trinajstić information content (AvgIpc) is 2.08. The predicted molar refractivity (Wildman–Crippen MR) is 62.3 cm³/mol. The minimum Gasteiger partial charge on any atom is -0.299 e. The van der Waals surface area contributed by atoms with Gasteiger partial charge in [0.2, 0.25) is 0 Å². The third-order valence-corrected chi connectivity index (χ3v) is 3.04. The van der Waals surface area contributed by atoms with Crippen molar-refractivity contribution >= 4 is 21.7 Å². The molecule has 0 unspecified atom stereocenters. The molecular weight excluding hydrogens is 240 g/mol. The van der Waals surface area contributed by atoms with Gasteiger partial charge in [-0.1, -0.05) is 41.9 Å². The highest BCUT2D eigenvalue weighted by Gasteiger charge is 2.23. The monoisotopic (exact) mass is 254 g/mol. The number of carbonyl (C=O) groups is 1. The van der Waals surface area contributed by atoms with Crippen molar-refractivity contribution < 1.29 is 4.79 Å². The molecule has 0 radical (unpaired) electrons. The molecule has 0 saturated carbocycles. The topological polar surface area (TPSA) is 17.1 Å². The smallest absolute Gasteiger partial charge is 0.135 e. The standard InChI is InChI=1S/C12H15BrO/c1-9(14)12(2,3)8-10-4-6-11(13)7-5-10/h4-7H,8H2,1-3H3. The quantitative estimate of drug-likeness (QED) is 0.806. The lowest BCUT2D eigenvalue weighted by Gasteiger charge is -2.20. The maximum absolute atomic E-state index is 11.3. The van der Waals surface area contributed by atoms with Crippen LogP contribution in [-0.4, -0.2) is 5.78 Å². The lowest BCUT2D eigenvalue weighted by Crippen LogP contribution is -2.23. The first-order chi connectivity index (χ1) is 6.42. The van der Waals surface area contributed by atoms with E-state index in [1.165, 1.54) is 5.56 Å². The molecule has 1 rings (SSSR count). The summed E-state index contributed by atoms with van der Waals surface area (Å²) in [6.45, 7) is 5.62. The van der Waals surface area contributed by atoms with Crippen molar-refractivity contribution in [1.82, 2.24) is 0 Å². The Kier molecular flexibility index (Phi) is 3.48. The van der Waals surface area contributed by atoms with E-state index >= 15 is 0 Å². The molecule has 0 N–H and O–H groups in total. The van der Waals surface area contributed by atoms with Crippen molar-refractivity contribution in [1.29, 1.82) is 0 Å². The van der Waals surface area contributed by atoms with Gasteiger partial charge in [0.15, 0.2) is 0 Å². The fourth-order valence-corrected chi connectivity index (χ4v) is 1.50. The van der Waals surface area contributed by atoms with Crippen LogP contribution in [0.5, 0.6) is 0 Å². The summed E-state index contributed by atoms with van der Waals surface area (Å²) in [5.41, 5.74) is 0.946. The molecule has 76 valence electrons. The first kappa shape index (κ1) is 11.4. The van der Waals surface area contributed by atoms with Crippen LogP contribution in [0.4, 0.5) is 0 Å². The first-order valence-corrected chi connectivity index (χ1v) is 5.46. The van der Waals surface area contributed by atoms with Gasteiger partial charge in [-0.15, -0.1) is 0 Å². The van der Waals surface area contributed by atoms with Gasteiger partial charge in [-0.25, -0.2) is 0 Å². The summed E-state index contributed by atoms with van der Waals surface area (Å²) in [4.78, 5) is 11.3. The van der Waals surface area contributed by atoms with Gasteiger partial charge >= 0.3 is 0 Å². The summed E-state index contributed by atoms with van der Waals surface area (Å²) in [5.74, 6) is 0.236. The zero-order chi connectivity index (χ0) is 10.8. The highest BCUT2D eigenvalue weighted by Crippen LogP contribution is 2.23. The number of Topliss-reactive ketones (excluding diaryl/α,β-unsaturated/α-hetero) is 1. The molecule has 0 spiro atoms. The van der Waals surface area contributed by atoms with Crippen LogP contribution in [0.25, 0.3) is 0 Å². The molecule has 0 atom stereocenters. The van der Waals surface area contributed by atoms with Crippen molar-refractivity contribution in [3.8, 4) is 0 Å². The second-order valence-electron chi connectivity index (χ2n) is 4.24. The lowest BCUT2D eigenvalue weighted by molar-refractivity contribution is -0.124. The van der Waals surface area contributed by atoms with E-state index in [0.717, 1.165) is 10.9 Å². The van der Waals surface area contributed by atoms with Crippen molar-refractivity contribution in [3.63, 3.8) is 0 Å². The SMILES string of the molecule is CC(=O)C(C)(C)Cc1ccc(Br)cc1. The fraction of sp³-hybridized carbons (Fsp3) is 0.417. The third kappa shape index (κ3) is 2.95. The lowest BCUT2D eigenvalue weighted by atomic mass is 9.82. The molecule has 0 amide bonds. The minimum atomic E-state index is -0.256. The zero-order valence-electron chi connectivity index (χ0n) is 8.80. The largest absolute Gasteiger partial charge is 0.299 e. The first-order valence-electron chi connectivity index (χ1n) is 4.67. The number of halogens is 1. The van der Waals surface area contributed by atoms with E-state index in [0.29, 0.717) is 0 Å². The molecule has 2 heteroatoms. The van der Waals surface area contributed by atoms with Crippen LogP contribution in [0.15, 0.2) is 28.7 Å². The molecule has 0 fully saturated rings. The number of ketones is 1. The number of hydrogen-bond donors (Lipinski definition) is 0. The Morgan fingerprint density at radius 2 is 1.79 bits per heavy atom. The molecule has 0 saturated heterocycles. The van der Waals surface area contributed by atoms with Crippen molar-refractivity contribution in [2.75, 3.05) is 0 Å². The molecule has 0 heterocycles. The summed E-state index contributed by atoms with van der Waals surface area (Å²) in [6, 6.07) is 8.11. The van der Waals surface area contributed by atoms with Crippen LogP contribution in [0, 0.1) is 5.41 Å². The zero-order valence-corrected chi connectivity index (χ0v) is 10.4. The molecule has 1 aromatic rings. The molecule has 14 heavy (non-hydrogen) atoms. The summed E-state index contributed by atoms with van der Waals surface area (Å²) in [5, 5.41) is 0. The van der Waals surface area contributed by atoms with Gasteiger partial charge in [0.25, 0.3) is 0 Å². The van der Waals surface area contributed by atoms with Crippen molar-refractivity contribution in [2.45, 2.75) is 27.2 Å². The van der Waals surface area contributed by atoms with Crippen LogP contribution in [0.2, 0.25) is 0 Å². The Morgan fingerprint density at radius 1 is 1.29 bits per heavy atom. The minimum absolute atomic E-state index is 0.236. The van der Waals surface area contributed by atoms with E-state index in [1.807, 2.05) is 26.0 Å². The van der Waals surface area contributed by atoms with Gasteiger partial charge < -0.3 is 0 Å². The number of rotatable bonds is 3. The van der Waals surface area contributed by atoms with E-state index in [4.69, 9.17) is 0 Å². The molecule has 0 aromatic heterocycles. The number of carbonyl (C=O) groups excluding carboxylic acids is 1. The summed E-state index contributed by atoms with van der Waals surface area (Å²) < 4.78 is 1.07. The van der Waals surface area contributed by atoms with Crippen molar-refractivity contribution in [2.24, 2.45) is 5.41 Å². The van der Waals surface area contributed by atoms with E-state index in [1.54, 1.807) is 6.92 Å². The summed E-state index contributed by atoms with van der Waals surface area (Å²) >= 11 is 3.39. The van der Waals surface area contributed by atoms with E-state index in [-0.39, 0.29) is 11.2 Å². The predicted octanol–water partition coefficient (Wildman–Crippen LogP) is 3.61. The van der Waals surface area contributed by atoms with E-state index in [9.17, 15) is 4.79 Å². The maximum atomic E-state index is 11.3. The molecule has 1 nitrogen and oxygen atoms in total. The molecule has 1 aromatic carbocycles. The van der Waals surface area contributed by atoms with Gasteiger partial charge in [0.05, 0.1) is 0 Å². The van der Waals surface area contributed by atoms with Crippen LogP contribution >= 0.6 is 15.9 Å². The van der Waals surface area contributed by atoms with E-state index in [2.05, 4.69) is 28.1 Å². The average molecular weight is 255 g/mol. The maximum Gasteiger partial charge on any atom is 0.135 e. The van der Waals surface area contributed by atoms with Gasteiger partial charge in [0.1, 0.15) is 5.78 Å².